The summed E-state index contributed by atoms with van der Waals surface area (Å²) in [7, 11) is 0. The fourth-order valence-electron chi connectivity index (χ4n) is 2.07. The molecule has 0 aliphatic heterocycles. The van der Waals surface area contributed by atoms with E-state index in [1.54, 1.807) is 17.0 Å². The Morgan fingerprint density at radius 1 is 1.38 bits per heavy atom. The number of carbonyl (C=O) groups excluding carboxylic acids is 1. The molecule has 0 saturated heterocycles. The Balaban J connectivity index is 2.94. The molecule has 1 aromatic carbocycles. The van der Waals surface area contributed by atoms with Gasteiger partial charge in [-0.2, -0.15) is 0 Å². The molecule has 0 radical (unpaired) electrons. The zero-order chi connectivity index (χ0) is 15.7. The molecule has 0 aliphatic carbocycles. The minimum absolute atomic E-state index is 0.110. The number of nitrogens with zero attached hydrogens (tertiary/aromatic N) is 2. The summed E-state index contributed by atoms with van der Waals surface area (Å²) in [4.78, 5) is 14.3. The van der Waals surface area contributed by atoms with Gasteiger partial charge in [-0.25, -0.2) is 0 Å². The Bertz CT molecular complexity index is 462. The number of hydrogen-bond donors (Lipinski definition) is 2. The van der Waals surface area contributed by atoms with Gasteiger partial charge < -0.3 is 20.6 Å². The van der Waals surface area contributed by atoms with Crippen LogP contribution in [-0.4, -0.2) is 48.2 Å². The molecule has 116 valence electrons. The summed E-state index contributed by atoms with van der Waals surface area (Å²) in [5, 5.41) is 12.0. The van der Waals surface area contributed by atoms with E-state index in [1.807, 2.05) is 32.0 Å². The van der Waals surface area contributed by atoms with Crippen LogP contribution in [0.25, 0.3) is 0 Å². The minimum Gasteiger partial charge on any atom is -0.409 e. The second kappa shape index (κ2) is 8.97. The van der Waals surface area contributed by atoms with Crippen LogP contribution in [0.2, 0.25) is 0 Å². The van der Waals surface area contributed by atoms with Crippen molar-refractivity contribution in [2.45, 2.75) is 19.8 Å². The fourth-order valence-corrected chi connectivity index (χ4v) is 2.07. The minimum atomic E-state index is -0.780. The SMILES string of the molecule is CCOCCN(CC)C(=O)C(C(N)=NO)c1ccccc1. The molecule has 1 aromatic rings. The van der Waals surface area contributed by atoms with Gasteiger partial charge in [-0.3, -0.25) is 4.79 Å². The number of amidine groups is 1. The van der Waals surface area contributed by atoms with E-state index in [0.29, 0.717) is 31.9 Å². The molecule has 0 saturated carbocycles. The highest BCUT2D eigenvalue weighted by atomic mass is 16.5. The summed E-state index contributed by atoms with van der Waals surface area (Å²) >= 11 is 0. The van der Waals surface area contributed by atoms with Gasteiger partial charge in [0.2, 0.25) is 5.91 Å². The van der Waals surface area contributed by atoms with Crippen molar-refractivity contribution in [1.29, 1.82) is 0 Å². The van der Waals surface area contributed by atoms with Crippen molar-refractivity contribution in [3.05, 3.63) is 35.9 Å². The molecule has 6 nitrogen and oxygen atoms in total. The van der Waals surface area contributed by atoms with Gasteiger partial charge in [-0.1, -0.05) is 35.5 Å². The van der Waals surface area contributed by atoms with Gasteiger partial charge in [0.25, 0.3) is 0 Å². The molecular formula is C15H23N3O3. The molecule has 1 atom stereocenters. The van der Waals surface area contributed by atoms with Gasteiger partial charge in [0.15, 0.2) is 5.84 Å². The highest BCUT2D eigenvalue weighted by Gasteiger charge is 2.28. The molecule has 0 spiro atoms. The summed E-state index contributed by atoms with van der Waals surface area (Å²) in [6, 6.07) is 9.06. The lowest BCUT2D eigenvalue weighted by molar-refractivity contribution is -0.131. The van der Waals surface area contributed by atoms with Crippen molar-refractivity contribution in [2.75, 3.05) is 26.3 Å². The summed E-state index contributed by atoms with van der Waals surface area (Å²) in [5.41, 5.74) is 6.42. The van der Waals surface area contributed by atoms with Gasteiger partial charge in [0.05, 0.1) is 6.61 Å². The summed E-state index contributed by atoms with van der Waals surface area (Å²) in [5.74, 6) is -1.09. The van der Waals surface area contributed by atoms with E-state index >= 15 is 0 Å². The van der Waals surface area contributed by atoms with Gasteiger partial charge in [0, 0.05) is 19.7 Å². The van der Waals surface area contributed by atoms with E-state index in [1.165, 1.54) is 0 Å². The maximum absolute atomic E-state index is 12.7. The monoisotopic (exact) mass is 293 g/mol. The molecule has 1 amide bonds. The standard InChI is InChI=1S/C15H23N3O3/c1-3-18(10-11-21-4-2)15(19)13(14(16)17-20)12-8-6-5-7-9-12/h5-9,13,20H,3-4,10-11H2,1-2H3,(H2,16,17). The molecule has 1 unspecified atom stereocenters. The molecular weight excluding hydrogens is 270 g/mol. The molecule has 0 aromatic heterocycles. The Kier molecular flexibility index (Phi) is 7.25. The average molecular weight is 293 g/mol. The number of likely N-dealkylation sites (N-methyl/N-ethyl adjacent to an activating group) is 1. The molecule has 0 heterocycles. The van der Waals surface area contributed by atoms with E-state index in [-0.39, 0.29) is 11.7 Å². The van der Waals surface area contributed by atoms with Crippen molar-refractivity contribution in [1.82, 2.24) is 4.90 Å². The van der Waals surface area contributed by atoms with Crippen LogP contribution in [0, 0.1) is 0 Å². The number of benzene rings is 1. The molecule has 21 heavy (non-hydrogen) atoms. The van der Waals surface area contributed by atoms with Gasteiger partial charge in [-0.05, 0) is 19.4 Å². The number of nitrogens with two attached hydrogens (primary N) is 1. The Labute approximate surface area is 125 Å². The number of oxime groups is 1. The molecule has 0 aliphatic rings. The number of hydrogen-bond acceptors (Lipinski definition) is 4. The number of ether oxygens (including phenoxy) is 1. The third-order valence-corrected chi connectivity index (χ3v) is 3.19. The predicted molar refractivity (Wildman–Crippen MR) is 81.3 cm³/mol. The molecule has 1 rings (SSSR count). The highest BCUT2D eigenvalue weighted by molar-refractivity contribution is 6.07. The maximum atomic E-state index is 12.7. The van der Waals surface area contributed by atoms with Gasteiger partial charge in [0.1, 0.15) is 5.92 Å². The second-order valence-electron chi connectivity index (χ2n) is 4.48. The van der Waals surface area contributed by atoms with Crippen molar-refractivity contribution in [3.63, 3.8) is 0 Å². The van der Waals surface area contributed by atoms with Gasteiger partial charge >= 0.3 is 0 Å². The second-order valence-corrected chi connectivity index (χ2v) is 4.48. The first kappa shape index (κ1) is 17.0. The van der Waals surface area contributed by atoms with Crippen LogP contribution >= 0.6 is 0 Å². The van der Waals surface area contributed by atoms with Crippen LogP contribution in [0.15, 0.2) is 35.5 Å². The number of carbonyl (C=O) groups is 1. The van der Waals surface area contributed by atoms with Crippen molar-refractivity contribution in [2.24, 2.45) is 10.9 Å². The lowest BCUT2D eigenvalue weighted by Gasteiger charge is -2.25. The van der Waals surface area contributed by atoms with E-state index in [0.717, 1.165) is 0 Å². The third kappa shape index (κ3) is 4.75. The largest absolute Gasteiger partial charge is 0.409 e. The van der Waals surface area contributed by atoms with E-state index in [4.69, 9.17) is 15.7 Å². The van der Waals surface area contributed by atoms with E-state index in [2.05, 4.69) is 5.16 Å². The first-order valence-electron chi connectivity index (χ1n) is 7.04. The van der Waals surface area contributed by atoms with Crippen LogP contribution in [0.1, 0.15) is 25.3 Å². The summed E-state index contributed by atoms with van der Waals surface area (Å²) < 4.78 is 5.28. The topological polar surface area (TPSA) is 88.2 Å². The fraction of sp³-hybridized carbons (Fsp3) is 0.467. The maximum Gasteiger partial charge on any atom is 0.237 e. The first-order chi connectivity index (χ1) is 10.2. The van der Waals surface area contributed by atoms with Crippen LogP contribution in [0.5, 0.6) is 0 Å². The molecule has 0 fully saturated rings. The number of amides is 1. The van der Waals surface area contributed by atoms with Crippen LogP contribution < -0.4 is 5.73 Å². The zero-order valence-corrected chi connectivity index (χ0v) is 12.5. The summed E-state index contributed by atoms with van der Waals surface area (Å²) in [6.07, 6.45) is 0. The number of rotatable bonds is 8. The average Bonchev–Trinajstić information content (AvgIpc) is 2.52. The smallest absolute Gasteiger partial charge is 0.237 e. The lowest BCUT2D eigenvalue weighted by Crippen LogP contribution is -2.42. The van der Waals surface area contributed by atoms with Crippen LogP contribution in [-0.2, 0) is 9.53 Å². The highest BCUT2D eigenvalue weighted by Crippen LogP contribution is 2.19. The van der Waals surface area contributed by atoms with E-state index in [9.17, 15) is 4.79 Å². The van der Waals surface area contributed by atoms with Crippen molar-refractivity contribution >= 4 is 11.7 Å². The Hall–Kier alpha value is -2.08. The normalized spacial score (nSPS) is 13.0. The zero-order valence-electron chi connectivity index (χ0n) is 12.5. The predicted octanol–water partition coefficient (Wildman–Crippen LogP) is 1.40. The molecule has 3 N–H and O–H groups in total. The first-order valence-corrected chi connectivity index (χ1v) is 7.04. The van der Waals surface area contributed by atoms with Crippen molar-refractivity contribution < 1.29 is 14.7 Å². The summed E-state index contributed by atoms with van der Waals surface area (Å²) in [6.45, 7) is 5.88. The van der Waals surface area contributed by atoms with Crippen LogP contribution in [0.3, 0.4) is 0 Å². The Morgan fingerprint density at radius 3 is 2.57 bits per heavy atom. The van der Waals surface area contributed by atoms with Gasteiger partial charge in [-0.15, -0.1) is 0 Å². The third-order valence-electron chi connectivity index (χ3n) is 3.19. The van der Waals surface area contributed by atoms with E-state index < -0.39 is 5.92 Å². The lowest BCUT2D eigenvalue weighted by atomic mass is 9.96. The van der Waals surface area contributed by atoms with Crippen molar-refractivity contribution in [3.8, 4) is 0 Å². The Morgan fingerprint density at radius 2 is 2.05 bits per heavy atom. The quantitative estimate of drug-likeness (QED) is 0.249. The molecule has 6 heteroatoms. The molecule has 0 bridgehead atoms. The van der Waals surface area contributed by atoms with Crippen LogP contribution in [0.4, 0.5) is 0 Å².